The maximum Gasteiger partial charge on any atom is 0.330 e. The van der Waals surface area contributed by atoms with E-state index in [0.717, 1.165) is 42.4 Å². The lowest BCUT2D eigenvalue weighted by molar-refractivity contribution is -0.214. The summed E-state index contributed by atoms with van der Waals surface area (Å²) in [7, 11) is 0. The van der Waals surface area contributed by atoms with Gasteiger partial charge in [0.15, 0.2) is 0 Å². The van der Waals surface area contributed by atoms with Gasteiger partial charge < -0.3 is 9.84 Å². The molecule has 172 valence electrons. The van der Waals surface area contributed by atoms with Crippen LogP contribution in [-0.2, 0) is 9.53 Å². The smallest absolute Gasteiger partial charge is 0.330 e. The number of carbonyl (C=O) groups is 1. The van der Waals surface area contributed by atoms with Gasteiger partial charge >= 0.3 is 5.97 Å². The van der Waals surface area contributed by atoms with Gasteiger partial charge in [0.25, 0.3) is 0 Å². The van der Waals surface area contributed by atoms with Crippen LogP contribution in [0.4, 0.5) is 0 Å². The van der Waals surface area contributed by atoms with Crippen LogP contribution in [0.5, 0.6) is 0 Å². The first-order valence-corrected chi connectivity index (χ1v) is 13.2. The fourth-order valence-electron chi connectivity index (χ4n) is 10.9. The topological polar surface area (TPSA) is 46.5 Å². The van der Waals surface area contributed by atoms with E-state index in [0.29, 0.717) is 0 Å². The molecule has 0 amide bonds. The zero-order valence-electron chi connectivity index (χ0n) is 19.7. The van der Waals surface area contributed by atoms with Crippen LogP contribution in [-0.4, -0.2) is 22.8 Å². The first-order valence-electron chi connectivity index (χ1n) is 13.2. The summed E-state index contributed by atoms with van der Waals surface area (Å²) in [6.07, 6.45) is 18.0. The Morgan fingerprint density at radius 1 is 0.968 bits per heavy atom. The lowest BCUT2D eigenvalue weighted by Crippen LogP contribution is -2.61. The number of hydrogen-bond acceptors (Lipinski definition) is 3. The Morgan fingerprint density at radius 2 is 1.48 bits per heavy atom. The van der Waals surface area contributed by atoms with Crippen molar-refractivity contribution in [3.05, 3.63) is 12.7 Å². The van der Waals surface area contributed by atoms with E-state index in [9.17, 15) is 9.90 Å². The van der Waals surface area contributed by atoms with E-state index in [2.05, 4.69) is 20.4 Å². The summed E-state index contributed by atoms with van der Waals surface area (Å²) in [5, 5.41) is 11.2. The van der Waals surface area contributed by atoms with E-state index < -0.39 is 5.60 Å². The number of esters is 1. The van der Waals surface area contributed by atoms with E-state index in [1.54, 1.807) is 0 Å². The van der Waals surface area contributed by atoms with Crippen LogP contribution in [0.15, 0.2) is 12.7 Å². The van der Waals surface area contributed by atoms with Crippen LogP contribution in [0.2, 0.25) is 0 Å². The SMILES string of the molecule is C=CC(=O)OC(CC12CC3CC(C1)CC(C(C)(C)O)(C3)C2)C12CC3CC(CC(C3)C1)C2. The maximum absolute atomic E-state index is 12.5. The lowest BCUT2D eigenvalue weighted by Gasteiger charge is -2.67. The Balaban J connectivity index is 1.33. The molecule has 3 unspecified atom stereocenters. The second kappa shape index (κ2) is 6.61. The highest BCUT2D eigenvalue weighted by molar-refractivity contribution is 5.81. The Hall–Kier alpha value is -0.830. The molecule has 31 heavy (non-hydrogen) atoms. The first kappa shape index (κ1) is 20.8. The number of rotatable bonds is 6. The molecule has 8 fully saturated rings. The Bertz CT molecular complexity index is 724. The molecule has 3 heteroatoms. The zero-order valence-corrected chi connectivity index (χ0v) is 19.7. The third kappa shape index (κ3) is 3.19. The predicted octanol–water partition coefficient (Wildman–Crippen LogP) is 6.05. The fraction of sp³-hybridized carbons (Fsp3) is 0.893. The van der Waals surface area contributed by atoms with Crippen LogP contribution < -0.4 is 0 Å². The van der Waals surface area contributed by atoms with Crippen LogP contribution >= 0.6 is 0 Å². The van der Waals surface area contributed by atoms with Crippen molar-refractivity contribution in [3.8, 4) is 0 Å². The molecule has 8 rings (SSSR count). The molecule has 8 aliphatic rings. The largest absolute Gasteiger partial charge is 0.459 e. The summed E-state index contributed by atoms with van der Waals surface area (Å²) < 4.78 is 6.32. The molecule has 8 saturated carbocycles. The molecular formula is C28H42O3. The van der Waals surface area contributed by atoms with Crippen molar-refractivity contribution in [2.45, 2.75) is 109 Å². The van der Waals surface area contributed by atoms with Gasteiger partial charge in [0.2, 0.25) is 0 Å². The molecular weight excluding hydrogens is 384 g/mol. The second-order valence-electron chi connectivity index (χ2n) is 13.9. The van der Waals surface area contributed by atoms with E-state index in [1.807, 2.05) is 0 Å². The van der Waals surface area contributed by atoms with Gasteiger partial charge in [-0.25, -0.2) is 4.79 Å². The van der Waals surface area contributed by atoms with Gasteiger partial charge in [-0.05, 0) is 138 Å². The molecule has 8 aliphatic carbocycles. The molecule has 1 N–H and O–H groups in total. The predicted molar refractivity (Wildman–Crippen MR) is 121 cm³/mol. The minimum atomic E-state index is -0.621. The zero-order chi connectivity index (χ0) is 21.6. The van der Waals surface area contributed by atoms with Crippen molar-refractivity contribution in [1.29, 1.82) is 0 Å². The quantitative estimate of drug-likeness (QED) is 0.415. The van der Waals surface area contributed by atoms with Crippen molar-refractivity contribution in [3.63, 3.8) is 0 Å². The molecule has 0 heterocycles. The standard InChI is InChI=1S/C28H42O3/c1-4-24(29)31-23(27-11-18-5-19(12-27)7-20(6-18)13-27)16-26-9-21-8-22(10-26)15-28(14-21,17-26)25(2,3)30/h4,18-23,30H,1,5-17H2,2-3H3. The minimum absolute atomic E-state index is 0.0431. The van der Waals surface area contributed by atoms with Crippen LogP contribution in [0, 0.1) is 45.8 Å². The minimum Gasteiger partial charge on any atom is -0.459 e. The second-order valence-corrected chi connectivity index (χ2v) is 13.9. The Labute approximate surface area is 188 Å². The van der Waals surface area contributed by atoms with Gasteiger partial charge in [-0.15, -0.1) is 0 Å². The summed E-state index contributed by atoms with van der Waals surface area (Å²) in [6.45, 7) is 7.84. The molecule has 8 bridgehead atoms. The van der Waals surface area contributed by atoms with Gasteiger partial charge in [-0.2, -0.15) is 0 Å². The van der Waals surface area contributed by atoms with Gasteiger partial charge in [-0.1, -0.05) is 6.58 Å². The Morgan fingerprint density at radius 3 is 1.97 bits per heavy atom. The first-order chi connectivity index (χ1) is 14.6. The summed E-state index contributed by atoms with van der Waals surface area (Å²) in [6, 6.07) is 0. The molecule has 3 nitrogen and oxygen atoms in total. The van der Waals surface area contributed by atoms with Gasteiger partial charge in [0.05, 0.1) is 5.60 Å². The molecule has 0 spiro atoms. The summed E-state index contributed by atoms with van der Waals surface area (Å²) in [5.74, 6) is 3.85. The van der Waals surface area contributed by atoms with E-state index >= 15 is 0 Å². The van der Waals surface area contributed by atoms with E-state index in [4.69, 9.17) is 4.74 Å². The summed E-state index contributed by atoms with van der Waals surface area (Å²) in [5.41, 5.74) is -0.103. The number of hydrogen-bond donors (Lipinski definition) is 1. The Kier molecular flexibility index (Phi) is 4.43. The maximum atomic E-state index is 12.5. The van der Waals surface area contributed by atoms with Crippen molar-refractivity contribution >= 4 is 5.97 Å². The van der Waals surface area contributed by atoms with Crippen LogP contribution in [0.25, 0.3) is 0 Å². The lowest BCUT2D eigenvalue weighted by atomic mass is 9.39. The molecule has 0 saturated heterocycles. The van der Waals surface area contributed by atoms with Crippen molar-refractivity contribution in [2.75, 3.05) is 0 Å². The van der Waals surface area contributed by atoms with Gasteiger partial charge in [-0.3, -0.25) is 0 Å². The summed E-state index contributed by atoms with van der Waals surface area (Å²) >= 11 is 0. The van der Waals surface area contributed by atoms with Crippen molar-refractivity contribution in [1.82, 2.24) is 0 Å². The average molecular weight is 427 g/mol. The van der Waals surface area contributed by atoms with Gasteiger partial charge in [0.1, 0.15) is 6.10 Å². The number of carbonyl (C=O) groups excluding carboxylic acids is 1. The normalized spacial score (nSPS) is 50.5. The van der Waals surface area contributed by atoms with Crippen LogP contribution in [0.1, 0.15) is 97.3 Å². The number of ether oxygens (including phenoxy) is 1. The van der Waals surface area contributed by atoms with Crippen molar-refractivity contribution < 1.29 is 14.6 Å². The van der Waals surface area contributed by atoms with Crippen LogP contribution in [0.3, 0.4) is 0 Å². The highest BCUT2D eigenvalue weighted by Gasteiger charge is 2.64. The highest BCUT2D eigenvalue weighted by atomic mass is 16.5. The van der Waals surface area contributed by atoms with Crippen molar-refractivity contribution in [2.24, 2.45) is 45.8 Å². The monoisotopic (exact) mass is 426 g/mol. The molecule has 0 aromatic heterocycles. The average Bonchev–Trinajstić information content (AvgIpc) is 2.64. The third-order valence-electron chi connectivity index (χ3n) is 11.3. The third-order valence-corrected chi connectivity index (χ3v) is 11.3. The number of aliphatic hydroxyl groups is 1. The highest BCUT2D eigenvalue weighted by Crippen LogP contribution is 2.71. The van der Waals surface area contributed by atoms with E-state index in [-0.39, 0.29) is 28.3 Å². The molecule has 0 aromatic carbocycles. The molecule has 3 atom stereocenters. The van der Waals surface area contributed by atoms with E-state index in [1.165, 1.54) is 76.7 Å². The molecule has 0 aliphatic heterocycles. The van der Waals surface area contributed by atoms with Gasteiger partial charge in [0, 0.05) is 11.5 Å². The fourth-order valence-corrected chi connectivity index (χ4v) is 10.9. The molecule has 0 radical (unpaired) electrons. The summed E-state index contributed by atoms with van der Waals surface area (Å²) in [4.78, 5) is 12.5. The molecule has 0 aromatic rings.